The van der Waals surface area contributed by atoms with Gasteiger partial charge in [-0.05, 0) is 43.5 Å². The van der Waals surface area contributed by atoms with E-state index >= 15 is 0 Å². The number of carbonyl (C=O) groups excluding carboxylic acids is 2. The van der Waals surface area contributed by atoms with Crippen molar-refractivity contribution in [3.63, 3.8) is 0 Å². The average molecular weight is 570 g/mol. The molecule has 2 aromatic rings. The van der Waals surface area contributed by atoms with Gasteiger partial charge in [0.2, 0.25) is 10.0 Å². The molecule has 4 rings (SSSR count). The number of methoxy groups -OCH3 is 1. The Bertz CT molecular complexity index is 1300. The van der Waals surface area contributed by atoms with Crippen molar-refractivity contribution in [1.82, 2.24) is 9.62 Å². The maximum absolute atomic E-state index is 14.2. The summed E-state index contributed by atoms with van der Waals surface area (Å²) in [6, 6.07) is 8.04. The first-order valence-corrected chi connectivity index (χ1v) is 14.8. The van der Waals surface area contributed by atoms with Crippen LogP contribution in [0.4, 0.5) is 0 Å². The van der Waals surface area contributed by atoms with Crippen LogP contribution in [0.25, 0.3) is 0 Å². The largest absolute Gasteiger partial charge is 0.496 e. The lowest BCUT2D eigenvalue weighted by molar-refractivity contribution is -0.147. The van der Waals surface area contributed by atoms with Crippen molar-refractivity contribution in [3.05, 3.63) is 63.1 Å². The predicted molar refractivity (Wildman–Crippen MR) is 142 cm³/mol. The van der Waals surface area contributed by atoms with Crippen molar-refractivity contribution in [2.24, 2.45) is 0 Å². The molecule has 0 unspecified atom stereocenters. The van der Waals surface area contributed by atoms with Crippen LogP contribution in [0.3, 0.4) is 0 Å². The number of esters is 1. The fourth-order valence-electron chi connectivity index (χ4n) is 5.58. The second kappa shape index (κ2) is 11.2. The van der Waals surface area contributed by atoms with Crippen molar-refractivity contribution in [1.29, 1.82) is 0 Å². The first-order chi connectivity index (χ1) is 17.6. The molecule has 1 N–H and O–H groups in total. The summed E-state index contributed by atoms with van der Waals surface area (Å²) in [7, 11) is -2.11. The molecule has 0 radical (unpaired) electrons. The molecule has 4 atom stereocenters. The molecule has 1 aliphatic carbocycles. The Hall–Kier alpha value is -2.33. The normalized spacial score (nSPS) is 23.9. The number of fused-ring (bicyclic) bond motifs is 1. The Labute approximate surface area is 227 Å². The van der Waals surface area contributed by atoms with Crippen molar-refractivity contribution < 1.29 is 27.5 Å². The molecule has 2 aliphatic rings. The van der Waals surface area contributed by atoms with Crippen LogP contribution >= 0.6 is 23.2 Å². The van der Waals surface area contributed by atoms with E-state index in [-0.39, 0.29) is 17.5 Å². The van der Waals surface area contributed by atoms with E-state index in [1.807, 2.05) is 0 Å². The SMILES string of the molecule is CCOC(=O)[C@@H]1c2ccccc2C(=O)N([C@@H]2CCCC[C@H]2NS(C)(=O)=O)[C@H]1c1c(Cl)cc(Cl)cc1OC. The molecule has 1 heterocycles. The minimum atomic E-state index is -3.57. The van der Waals surface area contributed by atoms with Gasteiger partial charge < -0.3 is 14.4 Å². The highest BCUT2D eigenvalue weighted by molar-refractivity contribution is 7.88. The van der Waals surface area contributed by atoms with E-state index in [0.717, 1.165) is 19.1 Å². The topological polar surface area (TPSA) is 102 Å². The van der Waals surface area contributed by atoms with Gasteiger partial charge in [-0.25, -0.2) is 13.1 Å². The van der Waals surface area contributed by atoms with Crippen LogP contribution in [0.2, 0.25) is 10.0 Å². The van der Waals surface area contributed by atoms with Gasteiger partial charge in [-0.3, -0.25) is 9.59 Å². The fraction of sp³-hybridized carbons (Fsp3) is 0.462. The zero-order valence-electron chi connectivity index (χ0n) is 20.9. The van der Waals surface area contributed by atoms with Gasteiger partial charge >= 0.3 is 5.97 Å². The van der Waals surface area contributed by atoms with Crippen LogP contribution in [0.5, 0.6) is 5.75 Å². The number of rotatable bonds is 7. The predicted octanol–water partition coefficient (Wildman–Crippen LogP) is 4.71. The lowest BCUT2D eigenvalue weighted by Crippen LogP contribution is -2.58. The number of halogens is 2. The Morgan fingerprint density at radius 2 is 1.86 bits per heavy atom. The summed E-state index contributed by atoms with van der Waals surface area (Å²) in [5.74, 6) is -1.45. The first-order valence-electron chi connectivity index (χ1n) is 12.2. The minimum absolute atomic E-state index is 0.144. The molecule has 11 heteroatoms. The van der Waals surface area contributed by atoms with E-state index in [2.05, 4.69) is 4.72 Å². The zero-order chi connectivity index (χ0) is 26.9. The molecule has 0 spiro atoms. The minimum Gasteiger partial charge on any atom is -0.496 e. The molecule has 2 aromatic carbocycles. The van der Waals surface area contributed by atoms with Gasteiger partial charge in [0, 0.05) is 28.2 Å². The number of nitrogens with zero attached hydrogens (tertiary/aromatic N) is 1. The zero-order valence-corrected chi connectivity index (χ0v) is 23.2. The van der Waals surface area contributed by atoms with Gasteiger partial charge in [-0.1, -0.05) is 54.2 Å². The standard InChI is InChI=1S/C26H30Cl2N2O6S/c1-4-36-26(32)22-16-9-5-6-10-17(16)25(31)30(20-12-8-7-11-19(20)29-37(3,33)34)24(22)23-18(28)13-15(27)14-21(23)35-2/h5-6,9-10,13-14,19-20,22,24,29H,4,7-8,11-12H2,1-3H3/t19-,20-,22-,24-/m1/s1. The number of carbonyl (C=O) groups is 2. The third-order valence-corrected chi connectivity index (χ3v) is 8.20. The van der Waals surface area contributed by atoms with Crippen LogP contribution < -0.4 is 9.46 Å². The van der Waals surface area contributed by atoms with E-state index in [0.29, 0.717) is 40.3 Å². The van der Waals surface area contributed by atoms with Crippen LogP contribution in [0.1, 0.15) is 66.1 Å². The molecule has 200 valence electrons. The third kappa shape index (κ3) is 5.60. The third-order valence-electron chi connectivity index (χ3n) is 6.94. The summed E-state index contributed by atoms with van der Waals surface area (Å²) in [6.07, 6.45) is 3.79. The monoisotopic (exact) mass is 568 g/mol. The average Bonchev–Trinajstić information content (AvgIpc) is 2.83. The van der Waals surface area contributed by atoms with Crippen LogP contribution in [-0.4, -0.2) is 57.3 Å². The summed E-state index contributed by atoms with van der Waals surface area (Å²) in [4.78, 5) is 29.4. The number of benzene rings is 2. The lowest BCUT2D eigenvalue weighted by atomic mass is 9.76. The van der Waals surface area contributed by atoms with E-state index in [1.54, 1.807) is 48.2 Å². The maximum atomic E-state index is 14.2. The molecule has 1 amide bonds. The summed E-state index contributed by atoms with van der Waals surface area (Å²) in [5.41, 5.74) is 1.30. The van der Waals surface area contributed by atoms with Crippen molar-refractivity contribution >= 4 is 45.1 Å². The molecule has 37 heavy (non-hydrogen) atoms. The van der Waals surface area contributed by atoms with E-state index < -0.39 is 40.0 Å². The van der Waals surface area contributed by atoms with E-state index in [4.69, 9.17) is 32.7 Å². The first kappa shape index (κ1) is 27.7. The molecule has 1 aliphatic heterocycles. The van der Waals surface area contributed by atoms with Crippen LogP contribution in [0.15, 0.2) is 36.4 Å². The maximum Gasteiger partial charge on any atom is 0.315 e. The highest BCUT2D eigenvalue weighted by Gasteiger charge is 2.50. The Balaban J connectivity index is 2.00. The van der Waals surface area contributed by atoms with Crippen molar-refractivity contribution in [2.75, 3.05) is 20.0 Å². The van der Waals surface area contributed by atoms with E-state index in [9.17, 15) is 18.0 Å². The quantitative estimate of drug-likeness (QED) is 0.485. The number of ether oxygens (including phenoxy) is 2. The Morgan fingerprint density at radius 3 is 2.54 bits per heavy atom. The second-order valence-electron chi connectivity index (χ2n) is 9.33. The molecule has 0 saturated heterocycles. The summed E-state index contributed by atoms with van der Waals surface area (Å²) in [6.45, 7) is 1.86. The molecule has 1 fully saturated rings. The van der Waals surface area contributed by atoms with Gasteiger partial charge in [0.05, 0.1) is 31.0 Å². The van der Waals surface area contributed by atoms with Crippen molar-refractivity contribution in [2.45, 2.75) is 56.7 Å². The highest BCUT2D eigenvalue weighted by Crippen LogP contribution is 2.51. The number of amides is 1. The number of sulfonamides is 1. The summed E-state index contributed by atoms with van der Waals surface area (Å²) in [5, 5.41) is 0.561. The molecular weight excluding hydrogens is 539 g/mol. The van der Waals surface area contributed by atoms with E-state index in [1.165, 1.54) is 7.11 Å². The van der Waals surface area contributed by atoms with Crippen LogP contribution in [0, 0.1) is 0 Å². The summed E-state index contributed by atoms with van der Waals surface area (Å²) < 4.78 is 38.4. The van der Waals surface area contributed by atoms with Crippen molar-refractivity contribution in [3.8, 4) is 5.75 Å². The molecule has 1 saturated carbocycles. The van der Waals surface area contributed by atoms with Gasteiger partial charge in [0.1, 0.15) is 11.7 Å². The van der Waals surface area contributed by atoms with Gasteiger partial charge in [0.25, 0.3) is 5.91 Å². The van der Waals surface area contributed by atoms with Crippen LogP contribution in [-0.2, 0) is 19.6 Å². The second-order valence-corrected chi connectivity index (χ2v) is 11.9. The number of hydrogen-bond acceptors (Lipinski definition) is 6. The fourth-order valence-corrected chi connectivity index (χ4v) is 6.99. The van der Waals surface area contributed by atoms with Gasteiger partial charge in [-0.15, -0.1) is 0 Å². The Kier molecular flexibility index (Phi) is 8.38. The molecule has 0 aromatic heterocycles. The molecular formula is C26H30Cl2N2O6S. The molecule has 0 bridgehead atoms. The Morgan fingerprint density at radius 1 is 1.16 bits per heavy atom. The van der Waals surface area contributed by atoms with Gasteiger partial charge in [0.15, 0.2) is 0 Å². The number of nitrogens with one attached hydrogen (secondary N) is 1. The van der Waals surface area contributed by atoms with Gasteiger partial charge in [-0.2, -0.15) is 0 Å². The highest BCUT2D eigenvalue weighted by atomic mass is 35.5. The number of hydrogen-bond donors (Lipinski definition) is 1. The molecule has 8 nitrogen and oxygen atoms in total. The lowest BCUT2D eigenvalue weighted by Gasteiger charge is -2.49. The summed E-state index contributed by atoms with van der Waals surface area (Å²) >= 11 is 13.0. The smallest absolute Gasteiger partial charge is 0.315 e.